The lowest BCUT2D eigenvalue weighted by atomic mass is 9.98. The van der Waals surface area contributed by atoms with Gasteiger partial charge in [-0.1, -0.05) is 17.7 Å². The van der Waals surface area contributed by atoms with Crippen LogP contribution in [-0.2, 0) is 11.3 Å². The molecule has 1 atom stereocenters. The second-order valence-electron chi connectivity index (χ2n) is 7.15. The molecule has 0 saturated carbocycles. The Morgan fingerprint density at radius 3 is 2.89 bits per heavy atom. The van der Waals surface area contributed by atoms with Gasteiger partial charge in [-0.2, -0.15) is 0 Å². The Hall–Kier alpha value is -2.95. The summed E-state index contributed by atoms with van der Waals surface area (Å²) < 4.78 is 13.8. The largest absolute Gasteiger partial charge is 0.378 e. The Balaban J connectivity index is 1.74. The van der Waals surface area contributed by atoms with E-state index in [1.807, 2.05) is 24.3 Å². The van der Waals surface area contributed by atoms with Gasteiger partial charge < -0.3 is 10.2 Å². The molecule has 5 heteroatoms. The summed E-state index contributed by atoms with van der Waals surface area (Å²) in [7, 11) is 0. The van der Waals surface area contributed by atoms with Gasteiger partial charge in [-0.3, -0.25) is 9.78 Å². The fourth-order valence-electron chi connectivity index (χ4n) is 3.77. The number of carbonyl (C=O) groups is 1. The van der Waals surface area contributed by atoms with Crippen molar-refractivity contribution < 1.29 is 9.18 Å². The number of carbonyl (C=O) groups excluding carboxylic acids is 1. The van der Waals surface area contributed by atoms with E-state index in [1.165, 1.54) is 11.6 Å². The molecule has 2 aromatic carbocycles. The number of benzene rings is 2. The minimum absolute atomic E-state index is 0.00365. The van der Waals surface area contributed by atoms with Crippen LogP contribution in [0.4, 0.5) is 10.1 Å². The number of amides is 1. The van der Waals surface area contributed by atoms with Crippen LogP contribution in [0, 0.1) is 12.7 Å². The standard InChI is InChI=1S/C22H22FN3O/c1-14-3-6-20-19(11-14)21(7-9-24-20)25-22-8-10-26(15(2)27)13-16-12-17(23)4-5-18(16)22/h3-7,9,11-12,22H,8,10,13H2,1-2H3,(H,24,25). The molecule has 0 fully saturated rings. The van der Waals surface area contributed by atoms with Gasteiger partial charge in [-0.25, -0.2) is 4.39 Å². The van der Waals surface area contributed by atoms with E-state index in [0.29, 0.717) is 13.1 Å². The van der Waals surface area contributed by atoms with Crippen molar-refractivity contribution in [3.05, 3.63) is 71.2 Å². The second kappa shape index (κ2) is 6.99. The summed E-state index contributed by atoms with van der Waals surface area (Å²) in [5, 5.41) is 4.69. The first-order valence-electron chi connectivity index (χ1n) is 9.17. The van der Waals surface area contributed by atoms with E-state index in [1.54, 1.807) is 24.1 Å². The average molecular weight is 363 g/mol. The molecule has 1 amide bonds. The number of fused-ring (bicyclic) bond motifs is 2. The predicted molar refractivity (Wildman–Crippen MR) is 105 cm³/mol. The highest BCUT2D eigenvalue weighted by atomic mass is 19.1. The minimum atomic E-state index is -0.275. The van der Waals surface area contributed by atoms with E-state index < -0.39 is 0 Å². The fourth-order valence-corrected chi connectivity index (χ4v) is 3.77. The summed E-state index contributed by atoms with van der Waals surface area (Å²) in [5.74, 6) is -0.265. The van der Waals surface area contributed by atoms with E-state index >= 15 is 0 Å². The number of nitrogens with one attached hydrogen (secondary N) is 1. The highest BCUT2D eigenvalue weighted by Gasteiger charge is 2.24. The van der Waals surface area contributed by atoms with Crippen LogP contribution in [0.15, 0.2) is 48.7 Å². The van der Waals surface area contributed by atoms with Crippen LogP contribution in [0.3, 0.4) is 0 Å². The number of aromatic nitrogens is 1. The van der Waals surface area contributed by atoms with Crippen molar-refractivity contribution in [1.82, 2.24) is 9.88 Å². The van der Waals surface area contributed by atoms with Crippen LogP contribution < -0.4 is 5.32 Å². The Bertz CT molecular complexity index is 1020. The Kier molecular flexibility index (Phi) is 4.52. The quantitative estimate of drug-likeness (QED) is 0.724. The van der Waals surface area contributed by atoms with Crippen molar-refractivity contribution in [3.63, 3.8) is 0 Å². The summed E-state index contributed by atoms with van der Waals surface area (Å²) in [6, 6.07) is 13.0. The predicted octanol–water partition coefficient (Wildman–Crippen LogP) is 4.59. The van der Waals surface area contributed by atoms with Crippen LogP contribution in [0.25, 0.3) is 10.9 Å². The molecule has 27 heavy (non-hydrogen) atoms. The van der Waals surface area contributed by atoms with Gasteiger partial charge in [0.25, 0.3) is 0 Å². The van der Waals surface area contributed by atoms with Gasteiger partial charge in [-0.15, -0.1) is 0 Å². The zero-order chi connectivity index (χ0) is 19.0. The number of pyridine rings is 1. The molecule has 1 aliphatic rings. The van der Waals surface area contributed by atoms with E-state index in [4.69, 9.17) is 0 Å². The molecule has 0 saturated heterocycles. The molecule has 4 rings (SSSR count). The maximum absolute atomic E-state index is 13.8. The van der Waals surface area contributed by atoms with Crippen molar-refractivity contribution in [2.75, 3.05) is 11.9 Å². The van der Waals surface area contributed by atoms with Crippen molar-refractivity contribution >= 4 is 22.5 Å². The molecule has 3 aromatic rings. The zero-order valence-corrected chi connectivity index (χ0v) is 15.5. The van der Waals surface area contributed by atoms with Crippen LogP contribution in [0.2, 0.25) is 0 Å². The number of nitrogens with zero attached hydrogens (tertiary/aromatic N) is 2. The first-order chi connectivity index (χ1) is 13.0. The maximum atomic E-state index is 13.8. The smallest absolute Gasteiger partial charge is 0.219 e. The molecule has 1 aromatic heterocycles. The van der Waals surface area contributed by atoms with Crippen LogP contribution >= 0.6 is 0 Å². The summed E-state index contributed by atoms with van der Waals surface area (Å²) >= 11 is 0. The molecule has 138 valence electrons. The van der Waals surface area contributed by atoms with Gasteiger partial charge in [0.05, 0.1) is 11.6 Å². The topological polar surface area (TPSA) is 45.2 Å². The maximum Gasteiger partial charge on any atom is 0.219 e. The van der Waals surface area contributed by atoms with E-state index in [9.17, 15) is 9.18 Å². The van der Waals surface area contributed by atoms with E-state index in [-0.39, 0.29) is 17.8 Å². The van der Waals surface area contributed by atoms with Crippen molar-refractivity contribution in [3.8, 4) is 0 Å². The molecular formula is C22H22FN3O. The number of hydrogen-bond donors (Lipinski definition) is 1. The lowest BCUT2D eigenvalue weighted by Gasteiger charge is -2.21. The third kappa shape index (κ3) is 3.50. The molecular weight excluding hydrogens is 341 g/mol. The third-order valence-electron chi connectivity index (χ3n) is 5.20. The van der Waals surface area contributed by atoms with Crippen LogP contribution in [0.1, 0.15) is 36.1 Å². The molecule has 0 radical (unpaired) electrons. The van der Waals surface area contributed by atoms with E-state index in [2.05, 4.69) is 23.3 Å². The molecule has 0 aliphatic carbocycles. The Morgan fingerprint density at radius 2 is 2.07 bits per heavy atom. The molecule has 4 nitrogen and oxygen atoms in total. The Morgan fingerprint density at radius 1 is 1.22 bits per heavy atom. The van der Waals surface area contributed by atoms with Gasteiger partial charge in [0.2, 0.25) is 5.91 Å². The third-order valence-corrected chi connectivity index (χ3v) is 5.20. The summed E-state index contributed by atoms with van der Waals surface area (Å²) in [6.07, 6.45) is 2.55. The number of anilines is 1. The first kappa shape index (κ1) is 17.5. The van der Waals surface area contributed by atoms with Crippen molar-refractivity contribution in [2.24, 2.45) is 0 Å². The SMILES string of the molecule is CC(=O)N1CCC(Nc2ccnc3ccc(C)cc23)c2ccc(F)cc2C1. The number of rotatable bonds is 2. The molecule has 0 bridgehead atoms. The zero-order valence-electron chi connectivity index (χ0n) is 15.5. The molecule has 1 N–H and O–H groups in total. The van der Waals surface area contributed by atoms with E-state index in [0.717, 1.165) is 34.1 Å². The van der Waals surface area contributed by atoms with Gasteiger partial charge in [0, 0.05) is 37.3 Å². The fraction of sp³-hybridized carbons (Fsp3) is 0.273. The normalized spacial score (nSPS) is 16.7. The van der Waals surface area contributed by atoms with Crippen molar-refractivity contribution in [2.45, 2.75) is 32.9 Å². The highest BCUT2D eigenvalue weighted by Crippen LogP contribution is 2.33. The molecule has 1 unspecified atom stereocenters. The van der Waals surface area contributed by atoms with Gasteiger partial charge in [0.15, 0.2) is 0 Å². The summed E-state index contributed by atoms with van der Waals surface area (Å²) in [4.78, 5) is 18.1. The van der Waals surface area contributed by atoms with Crippen molar-refractivity contribution in [1.29, 1.82) is 0 Å². The lowest BCUT2D eigenvalue weighted by molar-refractivity contribution is -0.129. The second-order valence-corrected chi connectivity index (χ2v) is 7.15. The summed E-state index contributed by atoms with van der Waals surface area (Å²) in [5.41, 5.74) is 5.00. The number of hydrogen-bond acceptors (Lipinski definition) is 3. The lowest BCUT2D eigenvalue weighted by Crippen LogP contribution is -2.28. The van der Waals surface area contributed by atoms with Gasteiger partial charge in [-0.05, 0) is 54.8 Å². The Labute approximate surface area is 158 Å². The number of aryl methyl sites for hydroxylation is 1. The molecule has 2 heterocycles. The van der Waals surface area contributed by atoms with Gasteiger partial charge >= 0.3 is 0 Å². The van der Waals surface area contributed by atoms with Gasteiger partial charge in [0.1, 0.15) is 5.82 Å². The highest BCUT2D eigenvalue weighted by molar-refractivity contribution is 5.91. The molecule has 1 aliphatic heterocycles. The molecule has 0 spiro atoms. The monoisotopic (exact) mass is 363 g/mol. The first-order valence-corrected chi connectivity index (χ1v) is 9.17. The summed E-state index contributed by atoms with van der Waals surface area (Å²) in [6.45, 7) is 4.69. The van der Waals surface area contributed by atoms with Crippen LogP contribution in [0.5, 0.6) is 0 Å². The minimum Gasteiger partial charge on any atom is -0.378 e. The van der Waals surface area contributed by atoms with Crippen LogP contribution in [-0.4, -0.2) is 22.3 Å². The average Bonchev–Trinajstić information content (AvgIpc) is 2.81. The number of halogens is 1.